The Morgan fingerprint density at radius 1 is 1.13 bits per heavy atom. The van der Waals surface area contributed by atoms with E-state index in [2.05, 4.69) is 5.73 Å². The summed E-state index contributed by atoms with van der Waals surface area (Å²) in [7, 11) is 0. The summed E-state index contributed by atoms with van der Waals surface area (Å²) >= 11 is 0. The summed E-state index contributed by atoms with van der Waals surface area (Å²) in [4.78, 5) is 29.5. The fraction of sp³-hybridized carbons (Fsp3) is 0.571. The Hall–Kier alpha value is -1.67. The van der Waals surface area contributed by atoms with Crippen molar-refractivity contribution < 1.29 is 24.6 Å². The lowest BCUT2D eigenvalue weighted by atomic mass is 10.2. The van der Waals surface area contributed by atoms with Crippen LogP contribution in [0.15, 0.2) is 0 Å². The van der Waals surface area contributed by atoms with Crippen LogP contribution in [0.3, 0.4) is 0 Å². The van der Waals surface area contributed by atoms with E-state index in [1.807, 2.05) is 0 Å². The van der Waals surface area contributed by atoms with Gasteiger partial charge in [-0.3, -0.25) is 14.4 Å². The van der Waals surface area contributed by atoms with Crippen LogP contribution in [-0.2, 0) is 14.4 Å². The van der Waals surface area contributed by atoms with Crippen LogP contribution in [0.4, 0.5) is 0 Å². The number of carboxylic acids is 2. The Bertz CT molecular complexity index is 241. The highest BCUT2D eigenvalue weighted by Gasteiger charge is 2.13. The van der Waals surface area contributed by atoms with E-state index >= 15 is 0 Å². The minimum atomic E-state index is -1.21. The highest BCUT2D eigenvalue weighted by atomic mass is 16.4. The molecule has 88 valence electrons. The molecule has 2 atom stereocenters. The molecule has 0 saturated heterocycles. The summed E-state index contributed by atoms with van der Waals surface area (Å²) in [5.41, 5.74) is 14.4. The first-order valence-corrected chi connectivity index (χ1v) is 3.93. The molecule has 0 radical (unpaired) electrons. The Morgan fingerprint density at radius 2 is 1.47 bits per heavy atom. The lowest BCUT2D eigenvalue weighted by Gasteiger charge is -1.99. The summed E-state index contributed by atoms with van der Waals surface area (Å²) in [6.07, 6.45) is -0.310. The molecule has 0 spiro atoms. The van der Waals surface area contributed by atoms with Crippen molar-refractivity contribution in [2.45, 2.75) is 25.4 Å². The molecular weight excluding hydrogens is 206 g/mol. The molecule has 8 nitrogen and oxygen atoms in total. The van der Waals surface area contributed by atoms with Crippen LogP contribution in [0.1, 0.15) is 13.3 Å². The molecule has 0 aromatic heterocycles. The van der Waals surface area contributed by atoms with Gasteiger partial charge in [-0.05, 0) is 6.92 Å². The summed E-state index contributed by atoms with van der Waals surface area (Å²) in [5.74, 6) is -2.88. The normalized spacial score (nSPS) is 13.0. The lowest BCUT2D eigenvalue weighted by Crippen LogP contribution is -2.34. The molecule has 0 aliphatic heterocycles. The van der Waals surface area contributed by atoms with Crippen molar-refractivity contribution in [2.24, 2.45) is 17.2 Å². The van der Waals surface area contributed by atoms with Crippen molar-refractivity contribution in [1.82, 2.24) is 0 Å². The van der Waals surface area contributed by atoms with Gasteiger partial charge in [0.2, 0.25) is 5.91 Å². The number of carboxylic acid groups (broad SMARTS) is 2. The number of carbonyl (C=O) groups is 3. The van der Waals surface area contributed by atoms with Crippen molar-refractivity contribution in [3.8, 4) is 0 Å². The number of carbonyl (C=O) groups excluding carboxylic acids is 1. The highest BCUT2D eigenvalue weighted by molar-refractivity contribution is 5.83. The number of aliphatic carboxylic acids is 2. The molecule has 15 heavy (non-hydrogen) atoms. The monoisotopic (exact) mass is 221 g/mol. The van der Waals surface area contributed by atoms with Crippen molar-refractivity contribution in [2.75, 3.05) is 0 Å². The third-order valence-electron chi connectivity index (χ3n) is 1.13. The van der Waals surface area contributed by atoms with Crippen molar-refractivity contribution in [1.29, 1.82) is 0 Å². The predicted octanol–water partition coefficient (Wildman–Crippen LogP) is -2.31. The molecule has 0 heterocycles. The first kappa shape index (κ1) is 15.8. The van der Waals surface area contributed by atoms with E-state index in [-0.39, 0.29) is 6.42 Å². The van der Waals surface area contributed by atoms with Gasteiger partial charge in [-0.1, -0.05) is 0 Å². The average Bonchev–Trinajstić information content (AvgIpc) is 2.03. The first-order chi connectivity index (χ1) is 6.68. The molecular formula is C7H15N3O5. The largest absolute Gasteiger partial charge is 0.480 e. The molecule has 0 saturated carbocycles. The topological polar surface area (TPSA) is 170 Å². The van der Waals surface area contributed by atoms with Gasteiger partial charge in [-0.2, -0.15) is 0 Å². The maximum absolute atomic E-state index is 9.99. The number of nitrogens with two attached hydrogens (primary N) is 3. The quantitative estimate of drug-likeness (QED) is 0.355. The van der Waals surface area contributed by atoms with E-state index in [0.29, 0.717) is 0 Å². The summed E-state index contributed by atoms with van der Waals surface area (Å²) < 4.78 is 0. The van der Waals surface area contributed by atoms with Crippen molar-refractivity contribution >= 4 is 17.8 Å². The minimum absolute atomic E-state index is 0.310. The summed E-state index contributed by atoms with van der Waals surface area (Å²) in [6, 6.07) is -1.90. The Balaban J connectivity index is 0. The molecule has 1 amide bonds. The number of hydrogen-bond acceptors (Lipinski definition) is 5. The zero-order valence-electron chi connectivity index (χ0n) is 8.21. The molecule has 0 aromatic carbocycles. The second kappa shape index (κ2) is 7.71. The van der Waals surface area contributed by atoms with Crippen LogP contribution < -0.4 is 17.2 Å². The van der Waals surface area contributed by atoms with Crippen LogP contribution in [0.2, 0.25) is 0 Å². The number of hydrogen-bond donors (Lipinski definition) is 5. The lowest BCUT2D eigenvalue weighted by molar-refractivity contribution is -0.140. The molecule has 1 unspecified atom stereocenters. The van der Waals surface area contributed by atoms with E-state index in [0.717, 1.165) is 0 Å². The van der Waals surface area contributed by atoms with Gasteiger partial charge in [-0.25, -0.2) is 0 Å². The molecule has 8 heteroatoms. The number of rotatable bonds is 4. The SMILES string of the molecule is C[C@@H](N)C(=O)O.NC(=O)CC(N)C(=O)O. The van der Waals surface area contributed by atoms with Gasteiger partial charge >= 0.3 is 11.9 Å². The fourth-order valence-electron chi connectivity index (χ4n) is 0.304. The van der Waals surface area contributed by atoms with Crippen molar-refractivity contribution in [3.05, 3.63) is 0 Å². The molecule has 0 aliphatic rings. The third-order valence-corrected chi connectivity index (χ3v) is 1.13. The van der Waals surface area contributed by atoms with Crippen LogP contribution >= 0.6 is 0 Å². The second-order valence-electron chi connectivity index (χ2n) is 2.74. The zero-order valence-corrected chi connectivity index (χ0v) is 8.21. The van der Waals surface area contributed by atoms with Gasteiger partial charge in [0.25, 0.3) is 0 Å². The van der Waals surface area contributed by atoms with Crippen LogP contribution in [0.5, 0.6) is 0 Å². The standard InChI is InChI=1S/C4H8N2O3.C3H7NO2/c5-2(4(8)9)1-3(6)7;1-2(4)3(5)6/h2H,1,5H2,(H2,6,7)(H,8,9);2H,4H2,1H3,(H,5,6)/t;2-/m.1/s1. The van der Waals surface area contributed by atoms with Crippen LogP contribution in [-0.4, -0.2) is 40.1 Å². The molecule has 0 fully saturated rings. The van der Waals surface area contributed by atoms with E-state index in [1.165, 1.54) is 6.92 Å². The smallest absolute Gasteiger partial charge is 0.321 e. The molecule has 0 aromatic rings. The van der Waals surface area contributed by atoms with Crippen LogP contribution in [0.25, 0.3) is 0 Å². The number of amides is 1. The second-order valence-corrected chi connectivity index (χ2v) is 2.74. The highest BCUT2D eigenvalue weighted by Crippen LogP contribution is 1.84. The molecule has 0 aliphatic carbocycles. The number of primary amides is 1. The minimum Gasteiger partial charge on any atom is -0.480 e. The summed E-state index contributed by atoms with van der Waals surface area (Å²) in [6.45, 7) is 1.42. The maximum Gasteiger partial charge on any atom is 0.321 e. The van der Waals surface area contributed by atoms with E-state index in [1.54, 1.807) is 0 Å². The van der Waals surface area contributed by atoms with E-state index in [9.17, 15) is 14.4 Å². The predicted molar refractivity (Wildman–Crippen MR) is 50.7 cm³/mol. The van der Waals surface area contributed by atoms with Gasteiger partial charge < -0.3 is 27.4 Å². The van der Waals surface area contributed by atoms with Gasteiger partial charge in [0.15, 0.2) is 0 Å². The third kappa shape index (κ3) is 12.3. The maximum atomic E-state index is 9.99. The van der Waals surface area contributed by atoms with E-state index < -0.39 is 29.9 Å². The van der Waals surface area contributed by atoms with Gasteiger partial charge in [0.05, 0.1) is 6.42 Å². The Labute approximate surface area is 86.0 Å². The zero-order chi connectivity index (χ0) is 12.6. The Morgan fingerprint density at radius 3 is 1.53 bits per heavy atom. The van der Waals surface area contributed by atoms with Gasteiger partial charge in [0, 0.05) is 0 Å². The molecule has 0 bridgehead atoms. The van der Waals surface area contributed by atoms with Crippen LogP contribution in [0, 0.1) is 0 Å². The Kier molecular flexibility index (Phi) is 8.11. The fourth-order valence-corrected chi connectivity index (χ4v) is 0.304. The summed E-state index contributed by atoms with van der Waals surface area (Å²) in [5, 5.41) is 16.0. The van der Waals surface area contributed by atoms with Gasteiger partial charge in [-0.15, -0.1) is 0 Å². The van der Waals surface area contributed by atoms with Gasteiger partial charge in [0.1, 0.15) is 12.1 Å². The molecule has 8 N–H and O–H groups in total. The first-order valence-electron chi connectivity index (χ1n) is 3.93. The van der Waals surface area contributed by atoms with E-state index in [4.69, 9.17) is 21.7 Å². The average molecular weight is 221 g/mol. The molecule has 0 rings (SSSR count). The van der Waals surface area contributed by atoms with Crippen molar-refractivity contribution in [3.63, 3.8) is 0 Å².